The summed E-state index contributed by atoms with van der Waals surface area (Å²) in [6.07, 6.45) is 1.28. The highest BCUT2D eigenvalue weighted by Gasteiger charge is 2.22. The van der Waals surface area contributed by atoms with Crippen molar-refractivity contribution in [2.24, 2.45) is 5.73 Å². The Morgan fingerprint density at radius 1 is 1.26 bits per heavy atom. The first-order chi connectivity index (χ1) is 12.7. The molecule has 0 atom stereocenters. The van der Waals surface area contributed by atoms with Crippen LogP contribution in [-0.2, 0) is 14.9 Å². The van der Waals surface area contributed by atoms with Gasteiger partial charge in [0.05, 0.1) is 10.7 Å². The van der Waals surface area contributed by atoms with Gasteiger partial charge in [0.15, 0.2) is 11.5 Å². The van der Waals surface area contributed by atoms with Gasteiger partial charge in [-0.1, -0.05) is 17.7 Å². The minimum atomic E-state index is -4.07. The Bertz CT molecular complexity index is 1050. The van der Waals surface area contributed by atoms with Gasteiger partial charge in [-0.25, -0.2) is 0 Å². The van der Waals surface area contributed by atoms with E-state index < -0.39 is 16.0 Å². The number of methoxy groups -OCH3 is 1. The first-order valence-corrected chi connectivity index (χ1v) is 9.97. The molecule has 0 aliphatic rings. The zero-order valence-corrected chi connectivity index (χ0v) is 17.4. The quantitative estimate of drug-likeness (QED) is 0.283. The second kappa shape index (κ2) is 8.41. The molecule has 7 nitrogen and oxygen atoms in total. The zero-order chi connectivity index (χ0) is 20.2. The van der Waals surface area contributed by atoms with Crippen molar-refractivity contribution >= 4 is 44.7 Å². The molecule has 0 aliphatic carbocycles. The third-order valence-corrected chi connectivity index (χ3v) is 5.49. The van der Waals surface area contributed by atoms with E-state index in [1.807, 2.05) is 29.5 Å². The van der Waals surface area contributed by atoms with Crippen LogP contribution in [0.5, 0.6) is 11.5 Å². The molecule has 27 heavy (non-hydrogen) atoms. The predicted octanol–water partition coefficient (Wildman–Crippen LogP) is 2.77. The van der Waals surface area contributed by atoms with Gasteiger partial charge in [-0.15, -0.1) is 0 Å². The van der Waals surface area contributed by atoms with Crippen LogP contribution in [0.2, 0.25) is 0 Å². The predicted molar refractivity (Wildman–Crippen MR) is 107 cm³/mol. The number of amides is 1. The van der Waals surface area contributed by atoms with E-state index in [0.29, 0.717) is 9.13 Å². The van der Waals surface area contributed by atoms with E-state index >= 15 is 0 Å². The molecule has 2 N–H and O–H groups in total. The molecule has 0 spiro atoms. The summed E-state index contributed by atoms with van der Waals surface area (Å²) >= 11 is 1.88. The summed E-state index contributed by atoms with van der Waals surface area (Å²) in [4.78, 5) is 11.2. The Kier molecular flexibility index (Phi) is 6.45. The summed E-state index contributed by atoms with van der Waals surface area (Å²) in [6.45, 7) is 1.84. The first kappa shape index (κ1) is 20.7. The molecule has 0 aliphatic heterocycles. The first-order valence-electron chi connectivity index (χ1n) is 7.48. The van der Waals surface area contributed by atoms with Gasteiger partial charge in [0.25, 0.3) is 5.91 Å². The van der Waals surface area contributed by atoms with Crippen LogP contribution in [0.1, 0.15) is 11.1 Å². The number of nitrogens with two attached hydrogens (primary N) is 1. The number of ether oxygens (including phenoxy) is 1. The third-order valence-electron chi connectivity index (χ3n) is 3.45. The van der Waals surface area contributed by atoms with Gasteiger partial charge in [0.1, 0.15) is 16.5 Å². The van der Waals surface area contributed by atoms with Gasteiger partial charge in [0, 0.05) is 0 Å². The number of carbonyl (C=O) groups is 1. The number of hydrogen-bond donors (Lipinski definition) is 1. The summed E-state index contributed by atoms with van der Waals surface area (Å²) in [5, 5.41) is 8.95. The van der Waals surface area contributed by atoms with Gasteiger partial charge in [-0.3, -0.25) is 4.79 Å². The lowest BCUT2D eigenvalue weighted by molar-refractivity contribution is -0.114. The number of rotatable bonds is 6. The van der Waals surface area contributed by atoms with Crippen LogP contribution in [0, 0.1) is 21.8 Å². The fourth-order valence-corrected chi connectivity index (χ4v) is 3.93. The Morgan fingerprint density at radius 2 is 1.89 bits per heavy atom. The van der Waals surface area contributed by atoms with E-state index in [1.54, 1.807) is 24.3 Å². The average Bonchev–Trinajstić information content (AvgIpc) is 2.61. The topological polar surface area (TPSA) is 119 Å². The summed E-state index contributed by atoms with van der Waals surface area (Å²) in [6, 6.07) is 10.9. The van der Waals surface area contributed by atoms with E-state index in [4.69, 9.17) is 19.9 Å². The van der Waals surface area contributed by atoms with Crippen molar-refractivity contribution in [3.05, 3.63) is 56.7 Å². The molecule has 0 fully saturated rings. The lowest BCUT2D eigenvalue weighted by Crippen LogP contribution is -2.13. The third kappa shape index (κ3) is 4.99. The molecule has 0 aromatic heterocycles. The van der Waals surface area contributed by atoms with Gasteiger partial charge in [0.2, 0.25) is 0 Å². The van der Waals surface area contributed by atoms with Crippen LogP contribution < -0.4 is 14.7 Å². The minimum Gasteiger partial charge on any atom is -0.493 e. The zero-order valence-electron chi connectivity index (χ0n) is 14.4. The molecule has 1 amide bonds. The molecule has 140 valence electrons. The van der Waals surface area contributed by atoms with Crippen molar-refractivity contribution in [3.63, 3.8) is 0 Å². The van der Waals surface area contributed by atoms with Gasteiger partial charge >= 0.3 is 10.1 Å². The summed E-state index contributed by atoms with van der Waals surface area (Å²) in [5.74, 6) is -0.729. The highest BCUT2D eigenvalue weighted by atomic mass is 127. The van der Waals surface area contributed by atoms with Gasteiger partial charge in [-0.2, -0.15) is 13.7 Å². The second-order valence-electron chi connectivity index (χ2n) is 5.42. The Hall–Kier alpha value is -2.58. The Morgan fingerprint density at radius 3 is 2.41 bits per heavy atom. The number of benzene rings is 2. The van der Waals surface area contributed by atoms with Crippen LogP contribution >= 0.6 is 22.6 Å². The number of primary amides is 1. The SMILES string of the molecule is COc1cc(C=C(C#N)C(N)=O)cc(I)c1OS(=O)(=O)c1ccc(C)cc1. The Labute approximate surface area is 170 Å². The van der Waals surface area contributed by atoms with Crippen molar-refractivity contribution in [2.75, 3.05) is 7.11 Å². The van der Waals surface area contributed by atoms with Crippen molar-refractivity contribution in [3.8, 4) is 17.6 Å². The minimum absolute atomic E-state index is 0.00778. The molecule has 2 rings (SSSR count). The van der Waals surface area contributed by atoms with E-state index in [9.17, 15) is 13.2 Å². The molecular formula is C18H15IN2O5S. The molecule has 0 bridgehead atoms. The molecule has 2 aromatic rings. The smallest absolute Gasteiger partial charge is 0.339 e. The summed E-state index contributed by atoms with van der Waals surface area (Å²) in [5.41, 5.74) is 6.24. The maximum absolute atomic E-state index is 12.5. The van der Waals surface area contributed by atoms with Crippen LogP contribution in [0.15, 0.2) is 46.9 Å². The number of nitriles is 1. The fourth-order valence-electron chi connectivity index (χ4n) is 2.09. The van der Waals surface area contributed by atoms with E-state index in [0.717, 1.165) is 5.56 Å². The Balaban J connectivity index is 2.48. The monoisotopic (exact) mass is 498 g/mol. The second-order valence-corrected chi connectivity index (χ2v) is 8.13. The standard InChI is InChI=1S/C18H15IN2O5S/c1-11-3-5-14(6-4-11)27(23,24)26-17-15(19)8-12(9-16(17)25-2)7-13(10-20)18(21)22/h3-9H,1-2H3,(H2,21,22). The number of aryl methyl sites for hydroxylation is 1. The van der Waals surface area contributed by atoms with Crippen LogP contribution in [0.4, 0.5) is 0 Å². The molecule has 9 heteroatoms. The van der Waals surface area contributed by atoms with Gasteiger partial charge in [-0.05, 0) is 65.4 Å². The number of hydrogen-bond acceptors (Lipinski definition) is 6. The van der Waals surface area contributed by atoms with E-state index in [2.05, 4.69) is 0 Å². The molecular weight excluding hydrogens is 483 g/mol. The number of nitrogens with zero attached hydrogens (tertiary/aromatic N) is 1. The fraction of sp³-hybridized carbons (Fsp3) is 0.111. The molecule has 0 unspecified atom stereocenters. The summed E-state index contributed by atoms with van der Waals surface area (Å²) < 4.78 is 36.0. The summed E-state index contributed by atoms with van der Waals surface area (Å²) in [7, 11) is -2.72. The molecule has 2 aromatic carbocycles. The highest BCUT2D eigenvalue weighted by molar-refractivity contribution is 14.1. The average molecular weight is 498 g/mol. The lowest BCUT2D eigenvalue weighted by Gasteiger charge is -2.13. The van der Waals surface area contributed by atoms with Crippen molar-refractivity contribution in [2.45, 2.75) is 11.8 Å². The van der Waals surface area contributed by atoms with E-state index in [-0.39, 0.29) is 22.0 Å². The maximum Gasteiger partial charge on any atom is 0.339 e. The van der Waals surface area contributed by atoms with Crippen LogP contribution in [-0.4, -0.2) is 21.4 Å². The largest absolute Gasteiger partial charge is 0.493 e. The molecule has 0 radical (unpaired) electrons. The normalized spacial score (nSPS) is 11.6. The number of halogens is 1. The molecule has 0 saturated heterocycles. The maximum atomic E-state index is 12.5. The highest BCUT2D eigenvalue weighted by Crippen LogP contribution is 2.36. The van der Waals surface area contributed by atoms with Crippen LogP contribution in [0.25, 0.3) is 6.08 Å². The van der Waals surface area contributed by atoms with Crippen LogP contribution in [0.3, 0.4) is 0 Å². The molecule has 0 saturated carbocycles. The van der Waals surface area contributed by atoms with Gasteiger partial charge < -0.3 is 14.7 Å². The van der Waals surface area contributed by atoms with E-state index in [1.165, 1.54) is 31.4 Å². The number of carbonyl (C=O) groups excluding carboxylic acids is 1. The van der Waals surface area contributed by atoms with Crippen molar-refractivity contribution in [1.82, 2.24) is 0 Å². The molecule has 0 heterocycles. The van der Waals surface area contributed by atoms with Crippen molar-refractivity contribution < 1.29 is 22.1 Å². The van der Waals surface area contributed by atoms with Crippen molar-refractivity contribution in [1.29, 1.82) is 5.26 Å². The lowest BCUT2D eigenvalue weighted by atomic mass is 10.1.